The maximum atomic E-state index is 12.2. The normalized spacial score (nSPS) is 27.6. The summed E-state index contributed by atoms with van der Waals surface area (Å²) in [7, 11) is 1.34. The molecule has 0 spiro atoms. The summed E-state index contributed by atoms with van der Waals surface area (Å²) < 4.78 is 22.7. The van der Waals surface area contributed by atoms with E-state index in [1.54, 1.807) is 0 Å². The van der Waals surface area contributed by atoms with E-state index in [4.69, 9.17) is 35.4 Å². The Labute approximate surface area is 159 Å². The number of hydrogen-bond donors (Lipinski definition) is 4. The summed E-state index contributed by atoms with van der Waals surface area (Å²) in [5.74, 6) is 0. The lowest BCUT2D eigenvalue weighted by molar-refractivity contribution is -0.0626. The smallest absolute Gasteiger partial charge is 0.330 e. The average molecular weight is 426 g/mol. The standard InChI is InChI=1S/C14H23N2O9PS/c1-8-6-16(14(20)15-12(8)19)13-11(22-2)10(9(7-18)24-13)25-26(21,27)23-5-3-4-17/h6,9-11,13,17-18H,3-5,7H2,1-2H3,(H,21,27)(H,15,19,20)/t9-,10-,11-,13-,26?/m1/s1. The van der Waals surface area contributed by atoms with Crippen molar-refractivity contribution >= 4 is 18.5 Å². The summed E-state index contributed by atoms with van der Waals surface area (Å²) >= 11 is 4.95. The molecule has 1 fully saturated rings. The second-order valence-electron chi connectivity index (χ2n) is 5.88. The summed E-state index contributed by atoms with van der Waals surface area (Å²) in [4.78, 5) is 36.1. The van der Waals surface area contributed by atoms with Crippen LogP contribution in [0.2, 0.25) is 0 Å². The molecule has 2 rings (SSSR count). The molecule has 1 aromatic heterocycles. The Bertz CT molecular complexity index is 798. The highest BCUT2D eigenvalue weighted by Gasteiger charge is 2.49. The van der Waals surface area contributed by atoms with Crippen LogP contribution in [-0.4, -0.2) is 69.9 Å². The molecule has 13 heteroatoms. The SMILES string of the molecule is CO[C@@H]1[C@H](OP(O)(=S)OCCCO)[C@@H](CO)O[C@H]1n1cc(C)c(=O)[nH]c1=O. The van der Waals surface area contributed by atoms with E-state index in [1.165, 1.54) is 20.2 Å². The van der Waals surface area contributed by atoms with Gasteiger partial charge in [-0.15, -0.1) is 0 Å². The fraction of sp³-hybridized carbons (Fsp3) is 0.714. The van der Waals surface area contributed by atoms with Crippen LogP contribution in [0.25, 0.3) is 0 Å². The molecule has 0 aromatic carbocycles. The van der Waals surface area contributed by atoms with Crippen LogP contribution in [0.4, 0.5) is 0 Å². The number of aromatic nitrogens is 2. The van der Waals surface area contributed by atoms with E-state index in [9.17, 15) is 19.6 Å². The van der Waals surface area contributed by atoms with Gasteiger partial charge < -0.3 is 29.1 Å². The van der Waals surface area contributed by atoms with E-state index in [0.717, 1.165) is 4.57 Å². The number of nitrogens with zero attached hydrogens (tertiary/aromatic N) is 1. The van der Waals surface area contributed by atoms with Gasteiger partial charge in [-0.3, -0.25) is 18.9 Å². The molecule has 0 saturated carbocycles. The molecule has 2 heterocycles. The molecule has 1 aliphatic heterocycles. The lowest BCUT2D eigenvalue weighted by atomic mass is 10.1. The van der Waals surface area contributed by atoms with Gasteiger partial charge in [-0.25, -0.2) is 4.79 Å². The Morgan fingerprint density at radius 2 is 2.07 bits per heavy atom. The lowest BCUT2D eigenvalue weighted by Crippen LogP contribution is -2.40. The van der Waals surface area contributed by atoms with E-state index in [2.05, 4.69) is 4.98 Å². The molecule has 1 aromatic rings. The quantitative estimate of drug-likeness (QED) is 0.278. The number of H-pyrrole nitrogens is 1. The Hall–Kier alpha value is -0.950. The zero-order chi connectivity index (χ0) is 20.2. The molecule has 27 heavy (non-hydrogen) atoms. The summed E-state index contributed by atoms with van der Waals surface area (Å²) in [6.07, 6.45) is -2.39. The topological polar surface area (TPSA) is 152 Å². The van der Waals surface area contributed by atoms with Gasteiger partial charge in [0.25, 0.3) is 5.56 Å². The summed E-state index contributed by atoms with van der Waals surface area (Å²) in [6, 6.07) is 0. The van der Waals surface area contributed by atoms with Crippen molar-refractivity contribution in [2.75, 3.05) is 26.9 Å². The van der Waals surface area contributed by atoms with Gasteiger partial charge in [0.1, 0.15) is 18.3 Å². The van der Waals surface area contributed by atoms with Crippen LogP contribution in [0.5, 0.6) is 0 Å². The molecule has 154 valence electrons. The third-order valence-electron chi connectivity index (χ3n) is 3.97. The minimum Gasteiger partial charge on any atom is -0.396 e. The van der Waals surface area contributed by atoms with Crippen molar-refractivity contribution in [1.82, 2.24) is 9.55 Å². The fourth-order valence-electron chi connectivity index (χ4n) is 2.66. The molecule has 1 unspecified atom stereocenters. The lowest BCUT2D eigenvalue weighted by Gasteiger charge is -2.26. The van der Waals surface area contributed by atoms with Crippen LogP contribution < -0.4 is 11.2 Å². The van der Waals surface area contributed by atoms with Gasteiger partial charge >= 0.3 is 12.4 Å². The molecule has 0 bridgehead atoms. The maximum Gasteiger partial charge on any atom is 0.330 e. The Morgan fingerprint density at radius 1 is 1.37 bits per heavy atom. The maximum absolute atomic E-state index is 12.2. The fourth-order valence-corrected chi connectivity index (χ4v) is 4.17. The van der Waals surface area contributed by atoms with Crippen LogP contribution in [0.15, 0.2) is 15.8 Å². The van der Waals surface area contributed by atoms with Crippen molar-refractivity contribution in [2.24, 2.45) is 0 Å². The zero-order valence-electron chi connectivity index (χ0n) is 14.8. The zero-order valence-corrected chi connectivity index (χ0v) is 16.5. The highest BCUT2D eigenvalue weighted by Crippen LogP contribution is 2.49. The molecular weight excluding hydrogens is 403 g/mol. The first-order valence-electron chi connectivity index (χ1n) is 8.12. The first kappa shape index (κ1) is 22.3. The van der Waals surface area contributed by atoms with Gasteiger partial charge in [0.15, 0.2) is 6.23 Å². The van der Waals surface area contributed by atoms with Crippen LogP contribution in [0.3, 0.4) is 0 Å². The molecule has 4 N–H and O–H groups in total. The predicted molar refractivity (Wildman–Crippen MR) is 96.9 cm³/mol. The van der Waals surface area contributed by atoms with Crippen LogP contribution in [0, 0.1) is 6.92 Å². The third kappa shape index (κ3) is 5.31. The third-order valence-corrected chi connectivity index (χ3v) is 5.56. The van der Waals surface area contributed by atoms with Crippen molar-refractivity contribution in [2.45, 2.75) is 37.9 Å². The molecular formula is C14H23N2O9PS. The van der Waals surface area contributed by atoms with Crippen molar-refractivity contribution in [1.29, 1.82) is 0 Å². The second kappa shape index (κ2) is 9.50. The number of aryl methyl sites for hydroxylation is 1. The van der Waals surface area contributed by atoms with E-state index in [0.29, 0.717) is 0 Å². The monoisotopic (exact) mass is 426 g/mol. The first-order valence-corrected chi connectivity index (χ1v) is 10.7. The van der Waals surface area contributed by atoms with Crippen molar-refractivity contribution in [3.05, 3.63) is 32.6 Å². The molecule has 1 aliphatic rings. The number of methoxy groups -OCH3 is 1. The van der Waals surface area contributed by atoms with Crippen molar-refractivity contribution in [3.8, 4) is 0 Å². The van der Waals surface area contributed by atoms with Gasteiger partial charge in [0.05, 0.1) is 13.2 Å². The van der Waals surface area contributed by atoms with Crippen LogP contribution in [0.1, 0.15) is 18.2 Å². The van der Waals surface area contributed by atoms with Gasteiger partial charge in [-0.2, -0.15) is 0 Å². The molecule has 0 amide bonds. The number of nitrogens with one attached hydrogen (secondary N) is 1. The summed E-state index contributed by atoms with van der Waals surface area (Å²) in [5, 5.41) is 18.4. The highest BCUT2D eigenvalue weighted by molar-refractivity contribution is 8.07. The number of aliphatic hydroxyl groups excluding tert-OH is 2. The molecule has 0 aliphatic carbocycles. The van der Waals surface area contributed by atoms with Gasteiger partial charge in [-0.05, 0) is 25.2 Å². The van der Waals surface area contributed by atoms with Crippen molar-refractivity contribution in [3.63, 3.8) is 0 Å². The summed E-state index contributed by atoms with van der Waals surface area (Å²) in [5.41, 5.74) is -0.979. The molecule has 0 radical (unpaired) electrons. The Kier molecular flexibility index (Phi) is 7.86. The van der Waals surface area contributed by atoms with E-state index in [1.807, 2.05) is 0 Å². The van der Waals surface area contributed by atoms with Crippen molar-refractivity contribution < 1.29 is 33.6 Å². The molecule has 11 nitrogen and oxygen atoms in total. The number of aromatic amines is 1. The average Bonchev–Trinajstić information content (AvgIpc) is 2.94. The Balaban J connectivity index is 2.29. The van der Waals surface area contributed by atoms with Gasteiger partial charge in [0, 0.05) is 25.5 Å². The highest BCUT2D eigenvalue weighted by atomic mass is 32.5. The number of aliphatic hydroxyl groups is 2. The number of hydrogen-bond acceptors (Lipinski definition) is 9. The van der Waals surface area contributed by atoms with Gasteiger partial charge in [0.2, 0.25) is 0 Å². The van der Waals surface area contributed by atoms with Crippen LogP contribution >= 0.6 is 6.72 Å². The van der Waals surface area contributed by atoms with E-state index >= 15 is 0 Å². The van der Waals surface area contributed by atoms with Crippen LogP contribution in [-0.2, 0) is 30.3 Å². The molecule has 1 saturated heterocycles. The predicted octanol–water partition coefficient (Wildman–Crippen LogP) is -1.25. The molecule has 5 atom stereocenters. The summed E-state index contributed by atoms with van der Waals surface area (Å²) in [6.45, 7) is -2.84. The minimum atomic E-state index is -3.71. The number of rotatable bonds is 9. The largest absolute Gasteiger partial charge is 0.396 e. The van der Waals surface area contributed by atoms with E-state index < -0.39 is 49.1 Å². The second-order valence-corrected chi connectivity index (χ2v) is 8.67. The van der Waals surface area contributed by atoms with Gasteiger partial charge in [-0.1, -0.05) is 0 Å². The minimum absolute atomic E-state index is 0.0126. The van der Waals surface area contributed by atoms with E-state index in [-0.39, 0.29) is 25.2 Å². The Morgan fingerprint density at radius 3 is 2.67 bits per heavy atom. The first-order chi connectivity index (χ1) is 12.7. The number of ether oxygens (including phenoxy) is 2.